The molecule has 0 heterocycles. The molecule has 0 fully saturated rings. The van der Waals surface area contributed by atoms with Gasteiger partial charge in [-0.25, -0.2) is 0 Å². The van der Waals surface area contributed by atoms with E-state index in [2.05, 4.69) is 0 Å². The molecule has 96 valence electrons. The molecule has 0 aliphatic rings. The molecule has 0 saturated carbocycles. The van der Waals surface area contributed by atoms with Crippen LogP contribution in [-0.2, 0) is 0 Å². The van der Waals surface area contributed by atoms with E-state index < -0.39 is 0 Å². The van der Waals surface area contributed by atoms with Crippen LogP contribution in [0, 0.1) is 0 Å². The predicted octanol–water partition coefficient (Wildman–Crippen LogP) is 4.51. The summed E-state index contributed by atoms with van der Waals surface area (Å²) in [6.45, 7) is 2.96. The van der Waals surface area contributed by atoms with Crippen LogP contribution < -0.4 is 9.47 Å². The fourth-order valence-electron chi connectivity index (χ4n) is 1.84. The third kappa shape index (κ3) is 2.65. The standard InChI is InChI=1S/C14H14Cl2O2/c1-2-17-14-11-6-4-3-5-10(11)13(9-12(14)16)18-8-7-15/h3-6,9H,2,7-8H2,1H3. The van der Waals surface area contributed by atoms with E-state index in [1.807, 2.05) is 31.2 Å². The lowest BCUT2D eigenvalue weighted by molar-refractivity contribution is 0.338. The van der Waals surface area contributed by atoms with E-state index in [9.17, 15) is 0 Å². The minimum atomic E-state index is 0.444. The van der Waals surface area contributed by atoms with Gasteiger partial charge >= 0.3 is 0 Å². The van der Waals surface area contributed by atoms with E-state index in [0.717, 1.165) is 16.5 Å². The van der Waals surface area contributed by atoms with Gasteiger partial charge in [0.25, 0.3) is 0 Å². The Hall–Kier alpha value is -1.12. The Kier molecular flexibility index (Phi) is 4.56. The highest BCUT2D eigenvalue weighted by Crippen LogP contribution is 2.39. The van der Waals surface area contributed by atoms with Gasteiger partial charge in [0.1, 0.15) is 18.1 Å². The number of fused-ring (bicyclic) bond motifs is 1. The predicted molar refractivity (Wildman–Crippen MR) is 76.3 cm³/mol. The average molecular weight is 285 g/mol. The zero-order valence-electron chi connectivity index (χ0n) is 10.1. The maximum atomic E-state index is 6.23. The summed E-state index contributed by atoms with van der Waals surface area (Å²) in [5.74, 6) is 1.88. The summed E-state index contributed by atoms with van der Waals surface area (Å²) in [4.78, 5) is 0. The van der Waals surface area contributed by atoms with Gasteiger partial charge in [0.15, 0.2) is 0 Å². The number of halogens is 2. The van der Waals surface area contributed by atoms with Gasteiger partial charge in [0.05, 0.1) is 17.5 Å². The first-order valence-electron chi connectivity index (χ1n) is 5.80. The largest absolute Gasteiger partial charge is 0.492 e. The van der Waals surface area contributed by atoms with Crippen LogP contribution in [0.3, 0.4) is 0 Å². The zero-order valence-corrected chi connectivity index (χ0v) is 11.6. The van der Waals surface area contributed by atoms with Crippen molar-refractivity contribution >= 4 is 34.0 Å². The molecule has 0 amide bonds. The molecule has 0 unspecified atom stereocenters. The molecule has 0 spiro atoms. The second-order valence-electron chi connectivity index (χ2n) is 3.70. The Morgan fingerprint density at radius 1 is 1.11 bits per heavy atom. The van der Waals surface area contributed by atoms with Crippen LogP contribution >= 0.6 is 23.2 Å². The van der Waals surface area contributed by atoms with E-state index in [1.54, 1.807) is 6.07 Å². The highest BCUT2D eigenvalue weighted by Gasteiger charge is 2.12. The van der Waals surface area contributed by atoms with Gasteiger partial charge in [0, 0.05) is 16.8 Å². The van der Waals surface area contributed by atoms with Gasteiger partial charge in [-0.05, 0) is 6.92 Å². The van der Waals surface area contributed by atoms with Crippen molar-refractivity contribution in [3.8, 4) is 11.5 Å². The van der Waals surface area contributed by atoms with Crippen LogP contribution in [0.25, 0.3) is 10.8 Å². The summed E-state index contributed by atoms with van der Waals surface area (Å²) in [7, 11) is 0. The molecule has 18 heavy (non-hydrogen) atoms. The zero-order chi connectivity index (χ0) is 13.0. The van der Waals surface area contributed by atoms with E-state index in [1.165, 1.54) is 0 Å². The lowest BCUT2D eigenvalue weighted by atomic mass is 10.1. The molecule has 2 aromatic rings. The van der Waals surface area contributed by atoms with Crippen LogP contribution in [-0.4, -0.2) is 19.1 Å². The highest BCUT2D eigenvalue weighted by atomic mass is 35.5. The number of benzene rings is 2. The van der Waals surface area contributed by atoms with Crippen LogP contribution in [0.4, 0.5) is 0 Å². The summed E-state index contributed by atoms with van der Waals surface area (Å²) >= 11 is 11.9. The molecule has 0 radical (unpaired) electrons. The fourth-order valence-corrected chi connectivity index (χ4v) is 2.17. The second-order valence-corrected chi connectivity index (χ2v) is 4.49. The lowest BCUT2D eigenvalue weighted by Crippen LogP contribution is -2.00. The first-order valence-corrected chi connectivity index (χ1v) is 6.72. The third-order valence-electron chi connectivity index (χ3n) is 2.54. The Morgan fingerprint density at radius 2 is 1.83 bits per heavy atom. The fraction of sp³-hybridized carbons (Fsp3) is 0.286. The highest BCUT2D eigenvalue weighted by molar-refractivity contribution is 6.33. The molecule has 2 aromatic carbocycles. The first-order chi connectivity index (χ1) is 8.77. The van der Waals surface area contributed by atoms with Gasteiger partial charge in [-0.15, -0.1) is 11.6 Å². The molecule has 0 bridgehead atoms. The molecule has 0 aliphatic carbocycles. The van der Waals surface area contributed by atoms with Crippen molar-refractivity contribution in [2.24, 2.45) is 0 Å². The van der Waals surface area contributed by atoms with Gasteiger partial charge in [-0.2, -0.15) is 0 Å². The van der Waals surface area contributed by atoms with E-state index in [4.69, 9.17) is 32.7 Å². The summed E-state index contributed by atoms with van der Waals surface area (Å²) in [5.41, 5.74) is 0. The SMILES string of the molecule is CCOc1c(Cl)cc(OCCCl)c2ccccc12. The monoisotopic (exact) mass is 284 g/mol. The van der Waals surface area contributed by atoms with E-state index in [0.29, 0.717) is 29.9 Å². The van der Waals surface area contributed by atoms with Gasteiger partial charge < -0.3 is 9.47 Å². The number of alkyl halides is 1. The Labute approximate surface area is 116 Å². The summed E-state index contributed by atoms with van der Waals surface area (Å²) < 4.78 is 11.2. The Morgan fingerprint density at radius 3 is 2.50 bits per heavy atom. The minimum absolute atomic E-state index is 0.444. The topological polar surface area (TPSA) is 18.5 Å². The van der Waals surface area contributed by atoms with Gasteiger partial charge in [-0.1, -0.05) is 35.9 Å². The number of rotatable bonds is 5. The van der Waals surface area contributed by atoms with Crippen LogP contribution in [0.1, 0.15) is 6.92 Å². The van der Waals surface area contributed by atoms with Gasteiger partial charge in [-0.3, -0.25) is 0 Å². The minimum Gasteiger partial charge on any atom is -0.492 e. The molecule has 2 nitrogen and oxygen atoms in total. The first kappa shape index (κ1) is 13.3. The Bertz CT molecular complexity index is 541. The maximum absolute atomic E-state index is 6.23. The number of ether oxygens (including phenoxy) is 2. The van der Waals surface area contributed by atoms with Crippen molar-refractivity contribution in [3.63, 3.8) is 0 Å². The molecule has 2 rings (SSSR count). The summed E-state index contributed by atoms with van der Waals surface area (Å²) in [5, 5.41) is 2.49. The molecular formula is C14H14Cl2O2. The van der Waals surface area contributed by atoms with E-state index >= 15 is 0 Å². The van der Waals surface area contributed by atoms with Crippen LogP contribution in [0.2, 0.25) is 5.02 Å². The lowest BCUT2D eigenvalue weighted by Gasteiger charge is -2.14. The number of hydrogen-bond donors (Lipinski definition) is 0. The van der Waals surface area contributed by atoms with Crippen LogP contribution in [0.15, 0.2) is 30.3 Å². The molecule has 0 aromatic heterocycles. The van der Waals surface area contributed by atoms with Gasteiger partial charge in [0.2, 0.25) is 0 Å². The second kappa shape index (κ2) is 6.17. The summed E-state index contributed by atoms with van der Waals surface area (Å²) in [6, 6.07) is 9.64. The van der Waals surface area contributed by atoms with Crippen molar-refractivity contribution in [2.75, 3.05) is 19.1 Å². The van der Waals surface area contributed by atoms with Crippen molar-refractivity contribution in [1.82, 2.24) is 0 Å². The molecular weight excluding hydrogens is 271 g/mol. The van der Waals surface area contributed by atoms with E-state index in [-0.39, 0.29) is 0 Å². The molecule has 4 heteroatoms. The van der Waals surface area contributed by atoms with Crippen molar-refractivity contribution in [2.45, 2.75) is 6.92 Å². The maximum Gasteiger partial charge on any atom is 0.145 e. The third-order valence-corrected chi connectivity index (χ3v) is 2.97. The van der Waals surface area contributed by atoms with Crippen molar-refractivity contribution in [3.05, 3.63) is 35.4 Å². The smallest absolute Gasteiger partial charge is 0.145 e. The Balaban J connectivity index is 2.57. The molecule has 0 atom stereocenters. The molecule has 0 aliphatic heterocycles. The summed E-state index contributed by atoms with van der Waals surface area (Å²) in [6.07, 6.45) is 0. The molecule has 0 saturated heterocycles. The van der Waals surface area contributed by atoms with Crippen LogP contribution in [0.5, 0.6) is 11.5 Å². The quantitative estimate of drug-likeness (QED) is 0.752. The number of hydrogen-bond acceptors (Lipinski definition) is 2. The molecule has 0 N–H and O–H groups in total. The normalized spacial score (nSPS) is 10.6. The average Bonchev–Trinajstić information content (AvgIpc) is 2.40. The van der Waals surface area contributed by atoms with Crippen molar-refractivity contribution < 1.29 is 9.47 Å². The van der Waals surface area contributed by atoms with Crippen molar-refractivity contribution in [1.29, 1.82) is 0 Å².